The third kappa shape index (κ3) is 6.45. The van der Waals surface area contributed by atoms with Crippen LogP contribution in [0.2, 0.25) is 0 Å². The van der Waals surface area contributed by atoms with Crippen LogP contribution in [0, 0.1) is 5.21 Å². The quantitative estimate of drug-likeness (QED) is 0.113. The highest BCUT2D eigenvalue weighted by Gasteiger charge is 2.36. The standard InChI is InChI=1S/C40H34N10O7/c1-56-29-15-11-26(12-16-29)48-35-31(33(44-48)37(41)51)19-21-46(39(35)53)24-5-3-23(4-6-24)43-50(55)28-9-7-25(8-10-28)47-22-20-32-34(38(42)52)45-49(36(32)40(47)54)27-13-17-30(57-2)18-14-27/h3-18H,19-22H2,1-2H3,(H2,41,51)(H2,42,52)/b50-43-. The number of ether oxygens (including phenoxy) is 2. The topological polar surface area (TPSA) is 219 Å². The molecule has 4 aromatic carbocycles. The third-order valence-corrected chi connectivity index (χ3v) is 9.88. The Hall–Kier alpha value is -7.82. The fourth-order valence-electron chi connectivity index (χ4n) is 7.05. The highest BCUT2D eigenvalue weighted by molar-refractivity contribution is 6.10. The molecular formula is C40H34N10O7. The molecule has 286 valence electrons. The van der Waals surface area contributed by atoms with E-state index >= 15 is 0 Å². The van der Waals surface area contributed by atoms with Crippen LogP contribution >= 0.6 is 0 Å². The summed E-state index contributed by atoms with van der Waals surface area (Å²) in [6.45, 7) is 0.530. The number of fused-ring (bicyclic) bond motifs is 2. The van der Waals surface area contributed by atoms with E-state index in [9.17, 15) is 24.4 Å². The molecule has 4 heterocycles. The summed E-state index contributed by atoms with van der Waals surface area (Å²) in [7, 11) is 3.09. The molecule has 0 bridgehead atoms. The molecule has 17 heteroatoms. The number of azo groups is 1. The Labute approximate surface area is 324 Å². The molecule has 0 saturated carbocycles. The Balaban J connectivity index is 1.00. The van der Waals surface area contributed by atoms with Crippen molar-refractivity contribution in [2.45, 2.75) is 12.8 Å². The van der Waals surface area contributed by atoms with Gasteiger partial charge in [-0.1, -0.05) is 4.86 Å². The van der Waals surface area contributed by atoms with E-state index in [4.69, 9.17) is 20.9 Å². The van der Waals surface area contributed by atoms with Crippen LogP contribution in [0.25, 0.3) is 11.4 Å². The fraction of sp³-hybridized carbons (Fsp3) is 0.150. The molecule has 0 saturated heterocycles. The zero-order chi connectivity index (χ0) is 40.0. The summed E-state index contributed by atoms with van der Waals surface area (Å²) in [4.78, 5) is 56.0. The van der Waals surface area contributed by atoms with E-state index in [-0.39, 0.29) is 53.4 Å². The SMILES string of the molecule is COc1ccc(-n2nc(C(N)=O)c3c2C(=O)N(c2ccc(/N=[N+](\[O-])c4ccc(N5CCc6c(C(N)=O)nn(-c7ccc(OC)cc7)c6C5=O)cc4)cc2)CC3)cc1. The molecule has 0 atom stereocenters. The van der Waals surface area contributed by atoms with Gasteiger partial charge >= 0.3 is 0 Å². The summed E-state index contributed by atoms with van der Waals surface area (Å²) >= 11 is 0. The smallest absolute Gasteiger partial charge is 0.277 e. The van der Waals surface area contributed by atoms with E-state index in [1.807, 2.05) is 0 Å². The van der Waals surface area contributed by atoms with Crippen molar-refractivity contribution >= 4 is 46.4 Å². The second-order valence-corrected chi connectivity index (χ2v) is 13.1. The minimum Gasteiger partial charge on any atom is -0.594 e. The average Bonchev–Trinajstić information content (AvgIpc) is 3.83. The second-order valence-electron chi connectivity index (χ2n) is 13.1. The van der Waals surface area contributed by atoms with Crippen molar-refractivity contribution in [2.75, 3.05) is 37.1 Å². The first-order valence-corrected chi connectivity index (χ1v) is 17.7. The van der Waals surface area contributed by atoms with Gasteiger partial charge in [-0.2, -0.15) is 10.2 Å². The number of carbonyl (C=O) groups is 4. The first kappa shape index (κ1) is 36.2. The van der Waals surface area contributed by atoms with E-state index < -0.39 is 11.8 Å². The summed E-state index contributed by atoms with van der Waals surface area (Å²) in [5.74, 6) is -0.978. The van der Waals surface area contributed by atoms with E-state index in [0.29, 0.717) is 68.8 Å². The minimum absolute atomic E-state index is 0.0356. The predicted octanol–water partition coefficient (Wildman–Crippen LogP) is 4.60. The van der Waals surface area contributed by atoms with Crippen LogP contribution in [0.15, 0.2) is 102 Å². The number of hydrogen-bond donors (Lipinski definition) is 2. The van der Waals surface area contributed by atoms with Gasteiger partial charge in [-0.25, -0.2) is 9.36 Å². The molecule has 0 spiro atoms. The Morgan fingerprint density at radius 3 is 1.40 bits per heavy atom. The Kier molecular flexibility index (Phi) is 9.16. The molecule has 2 aliphatic rings. The average molecular weight is 767 g/mol. The van der Waals surface area contributed by atoms with Gasteiger partial charge in [0.2, 0.25) is 5.69 Å². The number of anilines is 2. The molecule has 4 amide bonds. The summed E-state index contributed by atoms with van der Waals surface area (Å²) in [5.41, 5.74) is 15.5. The molecule has 4 N–H and O–H groups in total. The van der Waals surface area contributed by atoms with Crippen molar-refractivity contribution < 1.29 is 33.5 Å². The zero-order valence-electron chi connectivity index (χ0n) is 30.7. The number of primary amides is 2. The maximum Gasteiger partial charge on any atom is 0.277 e. The van der Waals surface area contributed by atoms with Gasteiger partial charge in [0.25, 0.3) is 23.6 Å². The number of nitrogens with two attached hydrogens (primary N) is 2. The molecule has 17 nitrogen and oxygen atoms in total. The number of benzene rings is 4. The van der Waals surface area contributed by atoms with Crippen LogP contribution < -0.4 is 30.7 Å². The molecule has 6 aromatic rings. The number of nitrogens with zero attached hydrogens (tertiary/aromatic N) is 8. The lowest BCUT2D eigenvalue weighted by atomic mass is 10.0. The Morgan fingerprint density at radius 1 is 0.632 bits per heavy atom. The van der Waals surface area contributed by atoms with Crippen LogP contribution in [0.4, 0.5) is 22.7 Å². The van der Waals surface area contributed by atoms with Gasteiger partial charge < -0.3 is 35.9 Å². The fourth-order valence-corrected chi connectivity index (χ4v) is 7.05. The molecule has 2 aromatic heterocycles. The van der Waals surface area contributed by atoms with E-state index in [0.717, 1.165) is 0 Å². The van der Waals surface area contributed by atoms with Crippen LogP contribution in [-0.2, 0) is 12.8 Å². The van der Waals surface area contributed by atoms with Crippen molar-refractivity contribution in [1.82, 2.24) is 19.6 Å². The lowest BCUT2D eigenvalue weighted by Crippen LogP contribution is -2.39. The van der Waals surface area contributed by atoms with Gasteiger partial charge in [0, 0.05) is 52.8 Å². The zero-order valence-corrected chi connectivity index (χ0v) is 30.7. The predicted molar refractivity (Wildman–Crippen MR) is 206 cm³/mol. The van der Waals surface area contributed by atoms with Crippen LogP contribution in [0.1, 0.15) is 53.1 Å². The summed E-state index contributed by atoms with van der Waals surface area (Å²) in [6.07, 6.45) is 0.679. The van der Waals surface area contributed by atoms with Crippen molar-refractivity contribution in [3.8, 4) is 22.9 Å². The maximum absolute atomic E-state index is 13.9. The normalized spacial score (nSPS) is 14.0. The first-order chi connectivity index (χ1) is 27.6. The van der Waals surface area contributed by atoms with Crippen LogP contribution in [0.3, 0.4) is 0 Å². The van der Waals surface area contributed by atoms with Gasteiger partial charge in [0.05, 0.1) is 25.6 Å². The molecule has 8 rings (SSSR count). The van der Waals surface area contributed by atoms with Crippen molar-refractivity contribution in [2.24, 2.45) is 16.6 Å². The van der Waals surface area contributed by atoms with E-state index in [2.05, 4.69) is 15.3 Å². The Bertz CT molecular complexity index is 2600. The first-order valence-electron chi connectivity index (χ1n) is 17.7. The highest BCUT2D eigenvalue weighted by Crippen LogP contribution is 2.33. The van der Waals surface area contributed by atoms with E-state index in [1.165, 1.54) is 9.36 Å². The van der Waals surface area contributed by atoms with Gasteiger partial charge in [0.1, 0.15) is 28.6 Å². The number of aromatic nitrogens is 4. The molecule has 0 radical (unpaired) electrons. The highest BCUT2D eigenvalue weighted by atomic mass is 16.5. The van der Waals surface area contributed by atoms with E-state index in [1.54, 1.807) is 121 Å². The maximum atomic E-state index is 13.9. The summed E-state index contributed by atoms with van der Waals surface area (Å²) in [6, 6.07) is 26.8. The largest absolute Gasteiger partial charge is 0.594 e. The Morgan fingerprint density at radius 2 is 1.02 bits per heavy atom. The molecule has 0 aliphatic carbocycles. The van der Waals surface area contributed by atoms with Gasteiger partial charge in [-0.15, -0.1) is 0 Å². The molecule has 2 aliphatic heterocycles. The van der Waals surface area contributed by atoms with Crippen molar-refractivity contribution in [1.29, 1.82) is 0 Å². The lowest BCUT2D eigenvalue weighted by molar-refractivity contribution is -0.435. The van der Waals surface area contributed by atoms with Crippen molar-refractivity contribution in [3.05, 3.63) is 136 Å². The number of hydrogen-bond acceptors (Lipinski definition) is 10. The summed E-state index contributed by atoms with van der Waals surface area (Å²) in [5, 5.41) is 26.1. The van der Waals surface area contributed by atoms with Gasteiger partial charge in [-0.05, 0) is 97.8 Å². The molecular weight excluding hydrogens is 733 g/mol. The van der Waals surface area contributed by atoms with Crippen LogP contribution in [0.5, 0.6) is 11.5 Å². The number of methoxy groups -OCH3 is 2. The third-order valence-electron chi connectivity index (χ3n) is 9.88. The molecule has 57 heavy (non-hydrogen) atoms. The van der Waals surface area contributed by atoms with Gasteiger partial charge in [-0.3, -0.25) is 19.2 Å². The monoisotopic (exact) mass is 766 g/mol. The van der Waals surface area contributed by atoms with Crippen molar-refractivity contribution in [3.63, 3.8) is 0 Å². The van der Waals surface area contributed by atoms with Crippen LogP contribution in [-0.4, -0.2) is 75.4 Å². The van der Waals surface area contributed by atoms with Gasteiger partial charge in [0.15, 0.2) is 11.4 Å². The molecule has 0 fully saturated rings. The minimum atomic E-state index is -0.731. The molecule has 0 unspecified atom stereocenters. The number of amides is 4. The number of rotatable bonds is 10. The second kappa shape index (κ2) is 14.4. The number of carbonyl (C=O) groups excluding carboxylic acids is 4. The lowest BCUT2D eigenvalue weighted by Gasteiger charge is -2.27. The summed E-state index contributed by atoms with van der Waals surface area (Å²) < 4.78 is 13.3.